The van der Waals surface area contributed by atoms with Gasteiger partial charge in [-0.25, -0.2) is 4.68 Å². The summed E-state index contributed by atoms with van der Waals surface area (Å²) >= 11 is 0. The third-order valence-corrected chi connectivity index (χ3v) is 11.9. The highest BCUT2D eigenvalue weighted by Crippen LogP contribution is 2.37. The van der Waals surface area contributed by atoms with Crippen molar-refractivity contribution in [1.29, 1.82) is 0 Å². The van der Waals surface area contributed by atoms with Gasteiger partial charge in [0.1, 0.15) is 55.6 Å². The Morgan fingerprint density at radius 1 is 0.754 bits per heavy atom. The van der Waals surface area contributed by atoms with E-state index in [1.165, 1.54) is 13.8 Å². The molecule has 0 amide bonds. The average Bonchev–Trinajstić information content (AvgIpc) is 3.74. The SMILES string of the molecule is CN(C)CCCn1c(O)c2ccc3c4c2c(c(=NCCCc2cn(CO[C@@H]5O[C@H](CO)[C@@H](O[C@@H]6O[C@H](CO)[C@H](O)[C@H](O)[C@H]6O)[C@H](O)[C@H]5O)nn2)cc-4c(=O)n(CCCN(C)C)c3=O)c1=O. The molecule has 2 saturated heterocycles. The van der Waals surface area contributed by atoms with Crippen LogP contribution >= 0.6 is 0 Å². The number of aryl methyl sites for hydroxylation is 1. The van der Waals surface area contributed by atoms with Crippen LogP contribution in [0.2, 0.25) is 0 Å². The van der Waals surface area contributed by atoms with Crippen LogP contribution in [-0.4, -0.2) is 197 Å². The van der Waals surface area contributed by atoms with Crippen molar-refractivity contribution in [2.24, 2.45) is 4.99 Å². The maximum atomic E-state index is 14.3. The molecule has 2 fully saturated rings. The molecule has 0 unspecified atom stereocenters. The number of pyridine rings is 2. The molecule has 0 spiro atoms. The minimum absolute atomic E-state index is 0.189. The summed E-state index contributed by atoms with van der Waals surface area (Å²) in [5, 5.41) is 93.0. The fraction of sp³-hybridized carbons (Fsp3) is 0.619. The molecule has 7 rings (SSSR count). The highest BCUT2D eigenvalue weighted by Gasteiger charge is 2.50. The van der Waals surface area contributed by atoms with Gasteiger partial charge < -0.3 is 69.6 Å². The molecule has 0 saturated carbocycles. The molecule has 1 aliphatic carbocycles. The van der Waals surface area contributed by atoms with E-state index in [1.807, 2.05) is 38.0 Å². The minimum atomic E-state index is -1.80. The molecule has 10 atom stereocenters. The maximum Gasteiger partial charge on any atom is 0.263 e. The first-order valence-corrected chi connectivity index (χ1v) is 21.5. The second kappa shape index (κ2) is 20.5. The first-order chi connectivity index (χ1) is 31.1. The molecule has 0 bridgehead atoms. The lowest BCUT2D eigenvalue weighted by molar-refractivity contribution is -0.362. The summed E-state index contributed by atoms with van der Waals surface area (Å²) < 4.78 is 26.1. The number of aliphatic hydroxyl groups excluding tert-OH is 7. The second-order valence-corrected chi connectivity index (χ2v) is 17.1. The summed E-state index contributed by atoms with van der Waals surface area (Å²) in [6.45, 7) is 0.154. The molecule has 4 aliphatic rings. The molecule has 2 aromatic heterocycles. The summed E-state index contributed by atoms with van der Waals surface area (Å²) in [6, 6.07) is 4.77. The van der Waals surface area contributed by atoms with Gasteiger partial charge >= 0.3 is 0 Å². The quantitative estimate of drug-likeness (QED) is 0.0289. The Hall–Kier alpha value is -4.60. The number of hydrogen-bond acceptors (Lipinski definition) is 20. The summed E-state index contributed by atoms with van der Waals surface area (Å²) in [5.41, 5.74) is -0.402. The topological polar surface area (TPSA) is 309 Å². The van der Waals surface area contributed by atoms with Gasteiger partial charge in [-0.2, -0.15) is 0 Å². The molecule has 8 N–H and O–H groups in total. The summed E-state index contributed by atoms with van der Waals surface area (Å²) in [7, 11) is 7.63. The van der Waals surface area contributed by atoms with Crippen LogP contribution < -0.4 is 22.0 Å². The molecule has 3 aromatic rings. The van der Waals surface area contributed by atoms with Crippen molar-refractivity contribution in [3.63, 3.8) is 0 Å². The van der Waals surface area contributed by atoms with Crippen molar-refractivity contribution < 1.29 is 59.8 Å². The van der Waals surface area contributed by atoms with Gasteiger partial charge in [-0.3, -0.25) is 28.5 Å². The smallest absolute Gasteiger partial charge is 0.263 e. The Morgan fingerprint density at radius 3 is 2.08 bits per heavy atom. The Kier molecular flexibility index (Phi) is 15.2. The van der Waals surface area contributed by atoms with Crippen LogP contribution in [0.5, 0.6) is 5.88 Å². The van der Waals surface area contributed by atoms with Gasteiger partial charge in [0.05, 0.1) is 41.4 Å². The standard InChI is InChI=1S/C42H58N8O15/c1-46(2)12-6-14-49-37(58)22-9-10-23-29-28(22)24(39(49)60)16-25(30(29)40(61)50(38(23)59)15-7-13-47(3)4)43-11-5-8-21-17-48(45-44-21)20-62-41-35(57)33(55)36(27(19-52)64-41)65-42-34(56)32(54)31(53)26(18-51)63-42/h9-10,16-17,26-27,31-36,41-42,51-57,59H,5-8,11-15,18-20H2,1-4H3/t26-,27-,31+,32+,33-,34-,35-,36-,41-,42+/m1/s1. The molecular formula is C42H58N8O15. The van der Waals surface area contributed by atoms with E-state index in [-0.39, 0.29) is 53.9 Å². The third-order valence-electron chi connectivity index (χ3n) is 11.9. The fourth-order valence-electron chi connectivity index (χ4n) is 8.50. The van der Waals surface area contributed by atoms with E-state index < -0.39 is 91.3 Å². The Balaban J connectivity index is 1.07. The van der Waals surface area contributed by atoms with E-state index in [9.17, 15) is 55.2 Å². The highest BCUT2D eigenvalue weighted by molar-refractivity contribution is 6.15. The summed E-state index contributed by atoms with van der Waals surface area (Å²) in [5.74, 6) is -0.254. The van der Waals surface area contributed by atoms with Crippen molar-refractivity contribution in [2.75, 3.05) is 61.0 Å². The molecule has 356 valence electrons. The third kappa shape index (κ3) is 9.79. The predicted octanol–water partition coefficient (Wildman–Crippen LogP) is -4.01. The molecule has 65 heavy (non-hydrogen) atoms. The van der Waals surface area contributed by atoms with E-state index >= 15 is 0 Å². The van der Waals surface area contributed by atoms with Gasteiger partial charge in [-0.05, 0) is 85.2 Å². The summed E-state index contributed by atoms with van der Waals surface area (Å²) in [4.78, 5) is 50.9. The van der Waals surface area contributed by atoms with Crippen LogP contribution in [0.25, 0.3) is 32.7 Å². The van der Waals surface area contributed by atoms with Crippen molar-refractivity contribution in [3.8, 4) is 17.0 Å². The number of hydrogen-bond donors (Lipinski definition) is 8. The van der Waals surface area contributed by atoms with Gasteiger partial charge in [0.2, 0.25) is 5.88 Å². The van der Waals surface area contributed by atoms with E-state index in [0.717, 1.165) is 0 Å². The number of benzene rings is 2. The van der Waals surface area contributed by atoms with Gasteiger partial charge in [-0.15, -0.1) is 5.10 Å². The molecule has 5 heterocycles. The van der Waals surface area contributed by atoms with Crippen LogP contribution in [0.15, 0.2) is 43.8 Å². The summed E-state index contributed by atoms with van der Waals surface area (Å²) in [6.07, 6.45) is -12.5. The van der Waals surface area contributed by atoms with Gasteiger partial charge in [0.25, 0.3) is 16.7 Å². The van der Waals surface area contributed by atoms with Crippen LogP contribution in [0.4, 0.5) is 0 Å². The molecule has 0 radical (unpaired) electrons. The maximum absolute atomic E-state index is 14.3. The lowest BCUT2D eigenvalue weighted by Crippen LogP contribution is -2.64. The van der Waals surface area contributed by atoms with E-state index in [2.05, 4.69) is 10.3 Å². The van der Waals surface area contributed by atoms with Crippen molar-refractivity contribution in [2.45, 2.75) is 107 Å². The Labute approximate surface area is 371 Å². The van der Waals surface area contributed by atoms with Gasteiger partial charge in [0.15, 0.2) is 12.6 Å². The molecule has 23 heteroatoms. The predicted molar refractivity (Wildman–Crippen MR) is 230 cm³/mol. The zero-order valence-corrected chi connectivity index (χ0v) is 36.6. The second-order valence-electron chi connectivity index (χ2n) is 17.1. The van der Waals surface area contributed by atoms with Crippen LogP contribution in [0, 0.1) is 0 Å². The fourth-order valence-corrected chi connectivity index (χ4v) is 8.50. The lowest BCUT2D eigenvalue weighted by atomic mass is 9.90. The number of rotatable bonds is 19. The van der Waals surface area contributed by atoms with Gasteiger partial charge in [-0.1, -0.05) is 5.21 Å². The number of nitrogens with zero attached hydrogens (tertiary/aromatic N) is 8. The molecule has 1 aromatic carbocycles. The first-order valence-electron chi connectivity index (χ1n) is 21.5. The Morgan fingerprint density at radius 2 is 1.40 bits per heavy atom. The molecular weight excluding hydrogens is 857 g/mol. The number of ether oxygens (including phenoxy) is 4. The largest absolute Gasteiger partial charge is 0.494 e. The van der Waals surface area contributed by atoms with Crippen LogP contribution in [0.3, 0.4) is 0 Å². The van der Waals surface area contributed by atoms with Crippen molar-refractivity contribution >= 4 is 21.5 Å². The van der Waals surface area contributed by atoms with Crippen molar-refractivity contribution in [3.05, 3.63) is 66.5 Å². The normalized spacial score (nSPS) is 26.8. The zero-order chi connectivity index (χ0) is 46.9. The first kappa shape index (κ1) is 48.3. The lowest BCUT2D eigenvalue weighted by Gasteiger charge is -2.45. The molecule has 3 aliphatic heterocycles. The number of aliphatic hydroxyl groups is 7. The van der Waals surface area contributed by atoms with Crippen LogP contribution in [0.1, 0.15) is 25.0 Å². The zero-order valence-electron chi connectivity index (χ0n) is 36.6. The number of aromatic hydroxyl groups is 1. The van der Waals surface area contributed by atoms with E-state index in [4.69, 9.17) is 23.9 Å². The Bertz CT molecular complexity index is 2600. The monoisotopic (exact) mass is 914 g/mol. The van der Waals surface area contributed by atoms with E-state index in [0.29, 0.717) is 60.8 Å². The van der Waals surface area contributed by atoms with Gasteiger partial charge in [0, 0.05) is 41.4 Å². The van der Waals surface area contributed by atoms with E-state index in [1.54, 1.807) is 24.4 Å². The minimum Gasteiger partial charge on any atom is -0.494 e. The van der Waals surface area contributed by atoms with Crippen LogP contribution in [-0.2, 0) is 45.2 Å². The highest BCUT2D eigenvalue weighted by atomic mass is 16.7. The molecule has 23 nitrogen and oxygen atoms in total. The average molecular weight is 915 g/mol. The van der Waals surface area contributed by atoms with Crippen molar-refractivity contribution in [1.82, 2.24) is 33.9 Å². The number of aromatic nitrogens is 5.